The van der Waals surface area contributed by atoms with E-state index in [1.165, 1.54) is 6.07 Å². The quantitative estimate of drug-likeness (QED) is 0.855. The van der Waals surface area contributed by atoms with Crippen molar-refractivity contribution in [1.29, 1.82) is 0 Å². The minimum Gasteiger partial charge on any atom is -0.478 e. The number of benzene rings is 1. The standard InChI is InChI=1S/C8H4Br2O3/c9-5-1-4(3-11)7(10)6(2-5)8(12)13/h1-3H,(H,12,13). The van der Waals surface area contributed by atoms with Crippen molar-refractivity contribution < 1.29 is 14.7 Å². The second-order valence-corrected chi connectivity index (χ2v) is 3.99. The molecule has 0 aromatic heterocycles. The topological polar surface area (TPSA) is 54.4 Å². The van der Waals surface area contributed by atoms with Crippen LogP contribution in [-0.2, 0) is 0 Å². The molecular formula is C8H4Br2O3. The SMILES string of the molecule is O=Cc1cc(Br)cc(C(=O)O)c1Br. The number of hydrogen-bond donors (Lipinski definition) is 1. The average molecular weight is 308 g/mol. The van der Waals surface area contributed by atoms with E-state index in [0.717, 1.165) is 0 Å². The summed E-state index contributed by atoms with van der Waals surface area (Å²) in [6, 6.07) is 2.98. The number of aldehydes is 1. The predicted octanol–water partition coefficient (Wildman–Crippen LogP) is 2.72. The van der Waals surface area contributed by atoms with Crippen LogP contribution in [0.2, 0.25) is 0 Å². The molecule has 68 valence electrons. The molecule has 0 bridgehead atoms. The smallest absolute Gasteiger partial charge is 0.336 e. The molecule has 0 aliphatic heterocycles. The molecule has 0 heterocycles. The van der Waals surface area contributed by atoms with Crippen LogP contribution in [0.3, 0.4) is 0 Å². The van der Waals surface area contributed by atoms with E-state index in [1.807, 2.05) is 0 Å². The highest BCUT2D eigenvalue weighted by Gasteiger charge is 2.12. The van der Waals surface area contributed by atoms with Crippen LogP contribution in [0.25, 0.3) is 0 Å². The Morgan fingerprint density at radius 1 is 1.38 bits per heavy atom. The first-order valence-corrected chi connectivity index (χ1v) is 4.82. The molecule has 0 spiro atoms. The highest BCUT2D eigenvalue weighted by Crippen LogP contribution is 2.25. The van der Waals surface area contributed by atoms with E-state index in [9.17, 15) is 9.59 Å². The Bertz CT molecular complexity index is 374. The van der Waals surface area contributed by atoms with E-state index < -0.39 is 5.97 Å². The number of aromatic carboxylic acids is 1. The third kappa shape index (κ3) is 2.16. The largest absolute Gasteiger partial charge is 0.478 e. The molecule has 0 atom stereocenters. The maximum atomic E-state index is 10.7. The summed E-state index contributed by atoms with van der Waals surface area (Å²) in [6.45, 7) is 0. The van der Waals surface area contributed by atoms with Crippen LogP contribution in [0.15, 0.2) is 21.1 Å². The zero-order chi connectivity index (χ0) is 10.0. The third-order valence-electron chi connectivity index (χ3n) is 1.42. The van der Waals surface area contributed by atoms with Crippen LogP contribution in [0.4, 0.5) is 0 Å². The minimum atomic E-state index is -1.07. The highest BCUT2D eigenvalue weighted by atomic mass is 79.9. The van der Waals surface area contributed by atoms with Crippen LogP contribution in [-0.4, -0.2) is 17.4 Å². The van der Waals surface area contributed by atoms with Crippen molar-refractivity contribution in [2.45, 2.75) is 0 Å². The highest BCUT2D eigenvalue weighted by molar-refractivity contribution is 9.11. The van der Waals surface area contributed by atoms with Crippen molar-refractivity contribution in [3.8, 4) is 0 Å². The molecule has 0 saturated heterocycles. The third-order valence-corrected chi connectivity index (χ3v) is 2.77. The lowest BCUT2D eigenvalue weighted by molar-refractivity contribution is 0.0696. The lowest BCUT2D eigenvalue weighted by Crippen LogP contribution is -2.00. The van der Waals surface area contributed by atoms with Crippen LogP contribution in [0.1, 0.15) is 20.7 Å². The van der Waals surface area contributed by atoms with Gasteiger partial charge < -0.3 is 5.11 Å². The molecule has 0 fully saturated rings. The molecule has 0 aliphatic rings. The van der Waals surface area contributed by atoms with Crippen LogP contribution in [0.5, 0.6) is 0 Å². The molecule has 13 heavy (non-hydrogen) atoms. The normalized spacial score (nSPS) is 9.69. The summed E-state index contributed by atoms with van der Waals surface area (Å²) < 4.78 is 0.869. The second kappa shape index (κ2) is 4.02. The lowest BCUT2D eigenvalue weighted by Gasteiger charge is -2.02. The Morgan fingerprint density at radius 3 is 2.46 bits per heavy atom. The van der Waals surface area contributed by atoms with Gasteiger partial charge in [-0.3, -0.25) is 4.79 Å². The zero-order valence-electron chi connectivity index (χ0n) is 6.25. The first-order valence-electron chi connectivity index (χ1n) is 3.23. The molecule has 0 unspecified atom stereocenters. The summed E-state index contributed by atoms with van der Waals surface area (Å²) in [5.41, 5.74) is 0.378. The van der Waals surface area contributed by atoms with Gasteiger partial charge in [-0.2, -0.15) is 0 Å². The van der Waals surface area contributed by atoms with Crippen LogP contribution in [0, 0.1) is 0 Å². The maximum Gasteiger partial charge on any atom is 0.336 e. The Hall–Kier alpha value is -0.680. The van der Waals surface area contributed by atoms with Gasteiger partial charge in [0.25, 0.3) is 0 Å². The first kappa shape index (κ1) is 10.4. The average Bonchev–Trinajstić information content (AvgIpc) is 2.08. The summed E-state index contributed by atoms with van der Waals surface area (Å²) in [7, 11) is 0. The Balaban J connectivity index is 3.44. The summed E-state index contributed by atoms with van der Waals surface area (Å²) >= 11 is 6.16. The maximum absolute atomic E-state index is 10.7. The molecule has 0 radical (unpaired) electrons. The van der Waals surface area contributed by atoms with E-state index in [0.29, 0.717) is 20.8 Å². The number of carboxylic acid groups (broad SMARTS) is 1. The van der Waals surface area contributed by atoms with Crippen LogP contribution >= 0.6 is 31.9 Å². The molecule has 0 aliphatic carbocycles. The molecule has 1 N–H and O–H groups in total. The predicted molar refractivity (Wildman–Crippen MR) is 54.2 cm³/mol. The Morgan fingerprint density at radius 2 is 2.00 bits per heavy atom. The van der Waals surface area contributed by atoms with Gasteiger partial charge in [0.1, 0.15) is 0 Å². The van der Waals surface area contributed by atoms with Gasteiger partial charge in [0.15, 0.2) is 6.29 Å². The van der Waals surface area contributed by atoms with Gasteiger partial charge in [-0.15, -0.1) is 0 Å². The number of halogens is 2. The van der Waals surface area contributed by atoms with E-state index in [4.69, 9.17) is 5.11 Å². The molecule has 1 aromatic carbocycles. The molecule has 5 heteroatoms. The van der Waals surface area contributed by atoms with Gasteiger partial charge in [-0.25, -0.2) is 4.79 Å². The molecule has 0 saturated carbocycles. The number of hydrogen-bond acceptors (Lipinski definition) is 2. The minimum absolute atomic E-state index is 0.0662. The zero-order valence-corrected chi connectivity index (χ0v) is 9.42. The van der Waals surface area contributed by atoms with E-state index in [-0.39, 0.29) is 5.56 Å². The Labute approximate surface area is 91.0 Å². The van der Waals surface area contributed by atoms with Gasteiger partial charge in [0.2, 0.25) is 0 Å². The number of rotatable bonds is 2. The monoisotopic (exact) mass is 306 g/mol. The van der Waals surface area contributed by atoms with Crippen molar-refractivity contribution in [2.75, 3.05) is 0 Å². The van der Waals surface area contributed by atoms with E-state index in [1.54, 1.807) is 6.07 Å². The van der Waals surface area contributed by atoms with Gasteiger partial charge in [0, 0.05) is 14.5 Å². The molecular weight excluding hydrogens is 304 g/mol. The summed E-state index contributed by atoms with van der Waals surface area (Å²) in [4.78, 5) is 21.2. The van der Waals surface area contributed by atoms with Crippen molar-refractivity contribution in [2.24, 2.45) is 0 Å². The molecule has 3 nitrogen and oxygen atoms in total. The second-order valence-electron chi connectivity index (χ2n) is 2.28. The summed E-state index contributed by atoms with van der Waals surface area (Å²) in [6.07, 6.45) is 0.598. The van der Waals surface area contributed by atoms with Crippen molar-refractivity contribution in [3.05, 3.63) is 32.2 Å². The summed E-state index contributed by atoms with van der Waals surface area (Å²) in [5, 5.41) is 8.74. The fourth-order valence-corrected chi connectivity index (χ4v) is 1.82. The molecule has 0 amide bonds. The Kier molecular flexibility index (Phi) is 3.22. The van der Waals surface area contributed by atoms with Gasteiger partial charge in [-0.05, 0) is 28.1 Å². The van der Waals surface area contributed by atoms with Crippen molar-refractivity contribution >= 4 is 44.1 Å². The van der Waals surface area contributed by atoms with Crippen LogP contribution < -0.4 is 0 Å². The van der Waals surface area contributed by atoms with Gasteiger partial charge in [-0.1, -0.05) is 15.9 Å². The fourth-order valence-electron chi connectivity index (χ4n) is 0.852. The van der Waals surface area contributed by atoms with Crippen molar-refractivity contribution in [3.63, 3.8) is 0 Å². The molecule has 1 aromatic rings. The molecule has 1 rings (SSSR count). The number of carbonyl (C=O) groups excluding carboxylic acids is 1. The number of carboxylic acids is 1. The number of carbonyl (C=O) groups is 2. The van der Waals surface area contributed by atoms with Crippen molar-refractivity contribution in [1.82, 2.24) is 0 Å². The van der Waals surface area contributed by atoms with Gasteiger partial charge >= 0.3 is 5.97 Å². The lowest BCUT2D eigenvalue weighted by atomic mass is 10.1. The summed E-state index contributed by atoms with van der Waals surface area (Å²) in [5.74, 6) is -1.07. The first-order chi connectivity index (χ1) is 6.06. The van der Waals surface area contributed by atoms with E-state index in [2.05, 4.69) is 31.9 Å². The van der Waals surface area contributed by atoms with Gasteiger partial charge in [0.05, 0.1) is 5.56 Å². The fraction of sp³-hybridized carbons (Fsp3) is 0. The van der Waals surface area contributed by atoms with E-state index >= 15 is 0 Å².